The van der Waals surface area contributed by atoms with Crippen LogP contribution in [0.1, 0.15) is 28.7 Å². The second kappa shape index (κ2) is 9.73. The van der Waals surface area contributed by atoms with Gasteiger partial charge in [-0.2, -0.15) is 4.73 Å². The third kappa shape index (κ3) is 4.03. The van der Waals surface area contributed by atoms with Crippen LogP contribution >= 0.6 is 0 Å². The van der Waals surface area contributed by atoms with Crippen molar-refractivity contribution >= 4 is 23.2 Å². The van der Waals surface area contributed by atoms with E-state index in [4.69, 9.17) is 5.73 Å². The van der Waals surface area contributed by atoms with Crippen LogP contribution in [0.2, 0.25) is 0 Å². The Morgan fingerprint density at radius 3 is 2.45 bits per heavy atom. The average molecular weight is 551 g/mol. The van der Waals surface area contributed by atoms with Gasteiger partial charge >= 0.3 is 0 Å². The lowest BCUT2D eigenvalue weighted by molar-refractivity contribution is -0.605. The van der Waals surface area contributed by atoms with E-state index < -0.39 is 58.0 Å². The molecule has 1 aromatic carbocycles. The highest BCUT2D eigenvalue weighted by atomic mass is 16.5. The topological polar surface area (TPSA) is 200 Å². The van der Waals surface area contributed by atoms with Crippen LogP contribution in [0.5, 0.6) is 5.75 Å². The lowest BCUT2D eigenvalue weighted by Gasteiger charge is -2.50. The molecule has 1 amide bonds. The summed E-state index contributed by atoms with van der Waals surface area (Å²) >= 11 is 0. The minimum absolute atomic E-state index is 0.0213. The van der Waals surface area contributed by atoms with E-state index in [0.29, 0.717) is 23.4 Å². The Morgan fingerprint density at radius 1 is 1.15 bits per heavy atom. The van der Waals surface area contributed by atoms with Crippen molar-refractivity contribution < 1.29 is 39.5 Å². The van der Waals surface area contributed by atoms with Crippen molar-refractivity contribution in [2.45, 2.75) is 37.6 Å². The molecule has 0 saturated heterocycles. The number of primary amides is 1. The molecule has 40 heavy (non-hydrogen) atoms. The molecule has 1 saturated carbocycles. The number of phenolic OH excluding ortho intramolecular Hbond substituents is 1. The molecule has 5 rings (SSSR count). The number of amides is 1. The van der Waals surface area contributed by atoms with Gasteiger partial charge in [0.25, 0.3) is 5.91 Å². The highest BCUT2D eigenvalue weighted by Crippen LogP contribution is 2.52. The average Bonchev–Trinajstić information content (AvgIpc) is 2.88. The Hall–Kier alpha value is -4.26. The Labute approximate surface area is 229 Å². The van der Waals surface area contributed by atoms with Crippen molar-refractivity contribution in [3.05, 3.63) is 81.0 Å². The molecule has 7 N–H and O–H groups in total. The summed E-state index contributed by atoms with van der Waals surface area (Å²) in [6.45, 7) is 0.789. The molecule has 12 heteroatoms. The van der Waals surface area contributed by atoms with Gasteiger partial charge in [-0.05, 0) is 55.6 Å². The number of phenols is 1. The van der Waals surface area contributed by atoms with Crippen LogP contribution in [0.25, 0.3) is 5.76 Å². The zero-order valence-corrected chi connectivity index (χ0v) is 21.9. The summed E-state index contributed by atoms with van der Waals surface area (Å²) in [5, 5.41) is 59.1. The van der Waals surface area contributed by atoms with Gasteiger partial charge in [-0.1, -0.05) is 6.07 Å². The third-order valence-electron chi connectivity index (χ3n) is 8.22. The summed E-state index contributed by atoms with van der Waals surface area (Å²) in [6, 6.07) is 5.33. The van der Waals surface area contributed by atoms with Gasteiger partial charge in [0, 0.05) is 36.7 Å². The number of nitrogens with one attached hydrogen (secondary N) is 1. The molecule has 2 aromatic rings. The number of carbonyl (C=O) groups is 3. The van der Waals surface area contributed by atoms with Gasteiger partial charge in [-0.25, -0.2) is 0 Å². The van der Waals surface area contributed by atoms with Gasteiger partial charge in [-0.3, -0.25) is 19.3 Å². The molecule has 1 aromatic heterocycles. The van der Waals surface area contributed by atoms with Gasteiger partial charge in [-0.15, -0.1) is 0 Å². The second-order valence-corrected chi connectivity index (χ2v) is 10.7. The lowest BCUT2D eigenvalue weighted by atomic mass is 9.57. The second-order valence-electron chi connectivity index (χ2n) is 10.7. The van der Waals surface area contributed by atoms with E-state index in [2.05, 4.69) is 5.32 Å². The molecule has 1 fully saturated rings. The number of aromatic hydroxyl groups is 1. The molecule has 1 heterocycles. The van der Waals surface area contributed by atoms with E-state index in [1.54, 1.807) is 32.3 Å². The number of pyridine rings is 1. The standard InChI is InChI=1S/C28H30N4O8/c1-31(2)22-17-10-15-9-16-14(12-30-11-13-5-7-32(40)8-6-13)3-4-18(33)20(16)23(34)19(15)25(36)28(17,39)26(37)21(24(22)35)27(29)38/h3-8,15,17,22,30,33-34,37,39H,9-12H2,1-2H3,(H2,29,38)/t15-,17-,22-,28-/m0/s1. The van der Waals surface area contributed by atoms with Crippen LogP contribution in [-0.2, 0) is 33.9 Å². The fourth-order valence-corrected chi connectivity index (χ4v) is 6.38. The van der Waals surface area contributed by atoms with E-state index in [-0.39, 0.29) is 29.7 Å². The number of benzene rings is 1. The monoisotopic (exact) mass is 550 g/mol. The molecule has 0 radical (unpaired) electrons. The largest absolute Gasteiger partial charge is 0.619 e. The van der Waals surface area contributed by atoms with Crippen LogP contribution in [0.15, 0.2) is 53.6 Å². The van der Waals surface area contributed by atoms with Crippen LogP contribution in [0, 0.1) is 17.0 Å². The molecule has 0 spiro atoms. The number of ketones is 2. The van der Waals surface area contributed by atoms with Crippen molar-refractivity contribution in [2.24, 2.45) is 17.6 Å². The number of aliphatic hydroxyl groups is 3. The number of Topliss-reactive ketones (excluding diaryl/α,β-unsaturated/α-hetero) is 2. The number of nitrogens with zero attached hydrogens (tertiary/aromatic N) is 2. The first-order valence-electron chi connectivity index (χ1n) is 12.7. The lowest BCUT2D eigenvalue weighted by Crippen LogP contribution is -2.65. The summed E-state index contributed by atoms with van der Waals surface area (Å²) in [5.41, 5.74) is 3.91. The minimum Gasteiger partial charge on any atom is -0.619 e. The molecule has 12 nitrogen and oxygen atoms in total. The molecule has 3 aliphatic rings. The predicted octanol–water partition coefficient (Wildman–Crippen LogP) is -0.113. The predicted molar refractivity (Wildman–Crippen MR) is 140 cm³/mol. The first-order chi connectivity index (χ1) is 18.9. The maximum absolute atomic E-state index is 13.9. The molecular weight excluding hydrogens is 520 g/mol. The normalized spacial score (nSPS) is 26.1. The number of aromatic nitrogens is 1. The number of aliphatic hydroxyl groups excluding tert-OH is 2. The summed E-state index contributed by atoms with van der Waals surface area (Å²) in [4.78, 5) is 40.6. The maximum atomic E-state index is 13.9. The van der Waals surface area contributed by atoms with E-state index in [0.717, 1.165) is 11.1 Å². The van der Waals surface area contributed by atoms with Gasteiger partial charge in [0.1, 0.15) is 22.8 Å². The number of fused-ring (bicyclic) bond motifs is 3. The number of rotatable bonds is 6. The number of nitrogens with two attached hydrogens (primary N) is 1. The van der Waals surface area contributed by atoms with Crippen molar-refractivity contribution in [2.75, 3.05) is 14.1 Å². The Kier molecular flexibility index (Phi) is 6.65. The van der Waals surface area contributed by atoms with Crippen molar-refractivity contribution in [3.8, 4) is 5.75 Å². The van der Waals surface area contributed by atoms with Crippen LogP contribution in [-0.4, -0.2) is 68.5 Å². The number of hydrogen-bond acceptors (Lipinski definition) is 10. The molecule has 0 bridgehead atoms. The van der Waals surface area contributed by atoms with Gasteiger partial charge < -0.3 is 36.7 Å². The van der Waals surface area contributed by atoms with Crippen molar-refractivity contribution in [1.82, 2.24) is 10.2 Å². The van der Waals surface area contributed by atoms with Gasteiger partial charge in [0.05, 0.1) is 11.6 Å². The van der Waals surface area contributed by atoms with Gasteiger partial charge in [0.15, 0.2) is 23.8 Å². The summed E-state index contributed by atoms with van der Waals surface area (Å²) in [7, 11) is 3.11. The number of hydrogen-bond donors (Lipinski definition) is 6. The minimum atomic E-state index is -2.67. The van der Waals surface area contributed by atoms with Crippen molar-refractivity contribution in [1.29, 1.82) is 0 Å². The van der Waals surface area contributed by atoms with E-state index >= 15 is 0 Å². The van der Waals surface area contributed by atoms with Crippen molar-refractivity contribution in [3.63, 3.8) is 0 Å². The van der Waals surface area contributed by atoms with Crippen LogP contribution in [0.4, 0.5) is 0 Å². The maximum Gasteiger partial charge on any atom is 0.255 e. The fraction of sp³-hybridized carbons (Fsp3) is 0.357. The first-order valence-corrected chi connectivity index (χ1v) is 12.7. The van der Waals surface area contributed by atoms with Crippen LogP contribution < -0.4 is 15.8 Å². The zero-order chi connectivity index (χ0) is 29.1. The molecule has 4 atom stereocenters. The third-order valence-corrected chi connectivity index (χ3v) is 8.22. The molecule has 3 aliphatic carbocycles. The Morgan fingerprint density at radius 2 is 1.82 bits per heavy atom. The smallest absolute Gasteiger partial charge is 0.255 e. The molecule has 0 unspecified atom stereocenters. The SMILES string of the molecule is CN(C)[C@@H]1C(=O)C(C(N)=O)=C(O)[C@@]2(O)C(=O)C3=C(O)c4c(O)ccc(CNCc5cc[n+]([O-])cc5)c4C[C@H]3C[C@@H]12. The van der Waals surface area contributed by atoms with E-state index in [9.17, 15) is 40.0 Å². The van der Waals surface area contributed by atoms with Crippen LogP contribution in [0.3, 0.4) is 0 Å². The molecule has 0 aliphatic heterocycles. The van der Waals surface area contributed by atoms with E-state index in [1.807, 2.05) is 0 Å². The van der Waals surface area contributed by atoms with Gasteiger partial charge in [0.2, 0.25) is 5.78 Å². The summed E-state index contributed by atoms with van der Waals surface area (Å²) in [6.07, 6.45) is 3.01. The Balaban J connectivity index is 1.56. The highest BCUT2D eigenvalue weighted by Gasteiger charge is 2.64. The fourth-order valence-electron chi connectivity index (χ4n) is 6.38. The molecule has 210 valence electrons. The quantitative estimate of drug-likeness (QED) is 0.160. The highest BCUT2D eigenvalue weighted by molar-refractivity contribution is 6.24. The summed E-state index contributed by atoms with van der Waals surface area (Å²) < 4.78 is 0.685. The molecular formula is C28H30N4O8. The Bertz CT molecular complexity index is 1500. The zero-order valence-electron chi connectivity index (χ0n) is 21.9. The number of likely N-dealkylation sites (N-methyl/N-ethyl adjacent to an activating group) is 1. The van der Waals surface area contributed by atoms with E-state index in [1.165, 1.54) is 23.4 Å². The summed E-state index contributed by atoms with van der Waals surface area (Å²) in [5.74, 6) is -6.81. The first kappa shape index (κ1) is 27.3. The number of carbonyl (C=O) groups excluding carboxylic acids is 3.